The molecule has 1 saturated heterocycles. The molecule has 0 radical (unpaired) electrons. The summed E-state index contributed by atoms with van der Waals surface area (Å²) in [4.78, 5) is 2.29. The first-order chi connectivity index (χ1) is 12.5. The minimum Gasteiger partial charge on any atom is -0.468 e. The molecular formula is C19H23ClN2O3S. The fraction of sp³-hybridized carbons (Fsp3) is 0.368. The molecule has 0 spiro atoms. The van der Waals surface area contributed by atoms with E-state index < -0.39 is 10.0 Å². The van der Waals surface area contributed by atoms with Crippen molar-refractivity contribution in [2.45, 2.75) is 25.3 Å². The van der Waals surface area contributed by atoms with E-state index in [0.29, 0.717) is 5.02 Å². The molecule has 1 N–H and O–H groups in total. The predicted octanol–water partition coefficient (Wildman–Crippen LogP) is 4.05. The summed E-state index contributed by atoms with van der Waals surface area (Å²) in [5.74, 6) is 0.788. The van der Waals surface area contributed by atoms with E-state index in [1.807, 2.05) is 12.1 Å². The van der Waals surface area contributed by atoms with Crippen molar-refractivity contribution >= 4 is 27.7 Å². The second kappa shape index (κ2) is 8.86. The molecule has 1 aromatic heterocycles. The lowest BCUT2D eigenvalue weighted by molar-refractivity contribution is 0.147. The van der Waals surface area contributed by atoms with Crippen LogP contribution in [0, 0.1) is 0 Å². The fourth-order valence-corrected chi connectivity index (χ4v) is 4.05. The van der Waals surface area contributed by atoms with Crippen LogP contribution in [0.5, 0.6) is 0 Å². The van der Waals surface area contributed by atoms with Crippen molar-refractivity contribution in [1.29, 1.82) is 0 Å². The summed E-state index contributed by atoms with van der Waals surface area (Å²) in [5.41, 5.74) is 0.776. The fourth-order valence-electron chi connectivity index (χ4n) is 3.11. The molecule has 3 rings (SSSR count). The standard InChI is InChI=1S/C19H23ClN2O3S/c20-17-8-6-16(7-9-17)10-14-26(23,24)21-15-18(19-5-4-13-25-19)22-11-2-1-3-12-22/h4-10,13-14,18,21H,1-3,11-12,15H2/b14-10+. The Morgan fingerprint density at radius 2 is 1.88 bits per heavy atom. The maximum Gasteiger partial charge on any atom is 0.233 e. The molecule has 1 atom stereocenters. The molecule has 2 aromatic rings. The molecule has 1 unspecified atom stereocenters. The topological polar surface area (TPSA) is 62.6 Å². The van der Waals surface area contributed by atoms with Crippen molar-refractivity contribution < 1.29 is 12.8 Å². The number of sulfonamides is 1. The highest BCUT2D eigenvalue weighted by Crippen LogP contribution is 2.24. The molecule has 0 saturated carbocycles. The summed E-state index contributed by atoms with van der Waals surface area (Å²) >= 11 is 5.84. The van der Waals surface area contributed by atoms with Crippen LogP contribution in [0.15, 0.2) is 52.5 Å². The van der Waals surface area contributed by atoms with Crippen molar-refractivity contribution in [2.24, 2.45) is 0 Å². The molecule has 0 amide bonds. The maximum absolute atomic E-state index is 12.4. The average Bonchev–Trinajstić information content (AvgIpc) is 3.17. The Kier molecular flexibility index (Phi) is 6.53. The van der Waals surface area contributed by atoms with Crippen LogP contribution in [0.2, 0.25) is 5.02 Å². The number of piperidine rings is 1. The zero-order chi connectivity index (χ0) is 18.4. The van der Waals surface area contributed by atoms with Gasteiger partial charge in [-0.15, -0.1) is 0 Å². The minimum atomic E-state index is -3.55. The number of hydrogen-bond acceptors (Lipinski definition) is 4. The lowest BCUT2D eigenvalue weighted by atomic mass is 10.1. The highest BCUT2D eigenvalue weighted by molar-refractivity contribution is 7.92. The third kappa shape index (κ3) is 5.45. The molecule has 1 aliphatic rings. The highest BCUT2D eigenvalue weighted by Gasteiger charge is 2.25. The van der Waals surface area contributed by atoms with Gasteiger partial charge in [-0.1, -0.05) is 30.2 Å². The van der Waals surface area contributed by atoms with Gasteiger partial charge >= 0.3 is 0 Å². The smallest absolute Gasteiger partial charge is 0.233 e. The van der Waals surface area contributed by atoms with Crippen LogP contribution in [0.25, 0.3) is 6.08 Å². The molecule has 2 heterocycles. The van der Waals surface area contributed by atoms with E-state index in [1.54, 1.807) is 36.6 Å². The lowest BCUT2D eigenvalue weighted by Gasteiger charge is -2.33. The van der Waals surface area contributed by atoms with Crippen molar-refractivity contribution in [3.63, 3.8) is 0 Å². The van der Waals surface area contributed by atoms with Crippen molar-refractivity contribution in [3.05, 3.63) is 64.4 Å². The van der Waals surface area contributed by atoms with Gasteiger partial charge in [0.25, 0.3) is 0 Å². The van der Waals surface area contributed by atoms with E-state index >= 15 is 0 Å². The molecule has 26 heavy (non-hydrogen) atoms. The third-order valence-electron chi connectivity index (χ3n) is 4.49. The van der Waals surface area contributed by atoms with Crippen molar-refractivity contribution in [1.82, 2.24) is 9.62 Å². The van der Waals surface area contributed by atoms with Gasteiger partial charge in [0.15, 0.2) is 0 Å². The van der Waals surface area contributed by atoms with Gasteiger partial charge in [-0.05, 0) is 61.8 Å². The number of halogens is 1. The lowest BCUT2D eigenvalue weighted by Crippen LogP contribution is -2.40. The van der Waals surface area contributed by atoms with Crippen LogP contribution in [0.4, 0.5) is 0 Å². The number of likely N-dealkylation sites (tertiary alicyclic amines) is 1. The molecule has 7 heteroatoms. The normalized spacial score (nSPS) is 17.6. The Balaban J connectivity index is 1.66. The first-order valence-corrected chi connectivity index (χ1v) is 10.7. The van der Waals surface area contributed by atoms with Crippen LogP contribution in [0.3, 0.4) is 0 Å². The number of benzene rings is 1. The summed E-state index contributed by atoms with van der Waals surface area (Å²) in [5, 5.41) is 1.80. The number of hydrogen-bond donors (Lipinski definition) is 1. The van der Waals surface area contributed by atoms with E-state index in [-0.39, 0.29) is 12.6 Å². The van der Waals surface area contributed by atoms with Gasteiger partial charge in [0.2, 0.25) is 10.0 Å². The van der Waals surface area contributed by atoms with E-state index in [9.17, 15) is 8.42 Å². The molecule has 140 valence electrons. The van der Waals surface area contributed by atoms with E-state index in [4.69, 9.17) is 16.0 Å². The summed E-state index contributed by atoms with van der Waals surface area (Å²) in [6.45, 7) is 2.18. The Labute approximate surface area is 159 Å². The van der Waals surface area contributed by atoms with Crippen molar-refractivity contribution in [3.8, 4) is 0 Å². The highest BCUT2D eigenvalue weighted by atomic mass is 35.5. The molecular weight excluding hydrogens is 372 g/mol. The van der Waals surface area contributed by atoms with Gasteiger partial charge in [-0.3, -0.25) is 4.90 Å². The number of nitrogens with one attached hydrogen (secondary N) is 1. The van der Waals surface area contributed by atoms with Gasteiger partial charge in [0.1, 0.15) is 5.76 Å². The Hall–Kier alpha value is -1.60. The van der Waals surface area contributed by atoms with E-state index in [0.717, 1.165) is 37.3 Å². The molecule has 1 aromatic carbocycles. The SMILES string of the molecule is O=S(=O)(/C=C/c1ccc(Cl)cc1)NCC(c1ccco1)N1CCCCC1. The summed E-state index contributed by atoms with van der Waals surface area (Å²) in [7, 11) is -3.55. The van der Waals surface area contributed by atoms with Gasteiger partial charge in [0, 0.05) is 17.0 Å². The second-order valence-corrected chi connectivity index (χ2v) is 8.46. The Morgan fingerprint density at radius 3 is 2.54 bits per heavy atom. The molecule has 1 fully saturated rings. The number of nitrogens with zero attached hydrogens (tertiary/aromatic N) is 1. The van der Waals surface area contributed by atoms with Crippen LogP contribution < -0.4 is 4.72 Å². The monoisotopic (exact) mass is 394 g/mol. The summed E-state index contributed by atoms with van der Waals surface area (Å²) in [6, 6.07) is 10.6. The van der Waals surface area contributed by atoms with Crippen LogP contribution in [0.1, 0.15) is 36.6 Å². The Bertz CT molecular complexity index is 811. The van der Waals surface area contributed by atoms with Crippen molar-refractivity contribution in [2.75, 3.05) is 19.6 Å². The molecule has 5 nitrogen and oxygen atoms in total. The Morgan fingerprint density at radius 1 is 1.15 bits per heavy atom. The maximum atomic E-state index is 12.4. The first kappa shape index (κ1) is 19.2. The molecule has 1 aliphatic heterocycles. The van der Waals surface area contributed by atoms with Crippen LogP contribution in [-0.4, -0.2) is 33.0 Å². The van der Waals surface area contributed by atoms with Gasteiger partial charge in [-0.25, -0.2) is 13.1 Å². The minimum absolute atomic E-state index is 0.0935. The molecule has 0 bridgehead atoms. The quantitative estimate of drug-likeness (QED) is 0.769. The number of rotatable bonds is 7. The average molecular weight is 395 g/mol. The molecule has 0 aliphatic carbocycles. The zero-order valence-corrected chi connectivity index (χ0v) is 16.0. The van der Waals surface area contributed by atoms with Crippen LogP contribution >= 0.6 is 11.6 Å². The van der Waals surface area contributed by atoms with Gasteiger partial charge < -0.3 is 4.42 Å². The van der Waals surface area contributed by atoms with Crippen LogP contribution in [-0.2, 0) is 10.0 Å². The zero-order valence-electron chi connectivity index (χ0n) is 14.5. The number of furan rings is 1. The summed E-state index contributed by atoms with van der Waals surface area (Å²) < 4.78 is 32.9. The summed E-state index contributed by atoms with van der Waals surface area (Å²) in [6.07, 6.45) is 6.65. The predicted molar refractivity (Wildman–Crippen MR) is 104 cm³/mol. The van der Waals surface area contributed by atoms with Gasteiger partial charge in [0.05, 0.1) is 12.3 Å². The largest absolute Gasteiger partial charge is 0.468 e. The van der Waals surface area contributed by atoms with Gasteiger partial charge in [-0.2, -0.15) is 0 Å². The van der Waals surface area contributed by atoms with E-state index in [1.165, 1.54) is 11.8 Å². The van der Waals surface area contributed by atoms with E-state index in [2.05, 4.69) is 9.62 Å². The second-order valence-electron chi connectivity index (χ2n) is 6.38. The third-order valence-corrected chi connectivity index (χ3v) is 5.81. The first-order valence-electron chi connectivity index (χ1n) is 8.74.